The van der Waals surface area contributed by atoms with Crippen LogP contribution >= 0.6 is 12.8 Å². The summed E-state index contributed by atoms with van der Waals surface area (Å²) >= 11 is 4.98. The molecule has 0 aliphatic heterocycles. The maximum Gasteiger partial charge on any atom is 0.0255 e. The minimum Gasteiger partial charge on any atom is -0.303 e. The lowest BCUT2D eigenvalue weighted by atomic mass is 9.88. The van der Waals surface area contributed by atoms with Gasteiger partial charge in [0.15, 0.2) is 0 Å². The van der Waals surface area contributed by atoms with Gasteiger partial charge >= 0.3 is 0 Å². The van der Waals surface area contributed by atoms with E-state index in [0.29, 0.717) is 12.0 Å². The molecule has 2 rings (SSSR count). The van der Waals surface area contributed by atoms with Gasteiger partial charge in [0.2, 0.25) is 0 Å². The van der Waals surface area contributed by atoms with E-state index in [-0.39, 0.29) is 0 Å². The Morgan fingerprint density at radius 3 is 2.29 bits per heavy atom. The Morgan fingerprint density at radius 1 is 1.05 bits per heavy atom. The summed E-state index contributed by atoms with van der Waals surface area (Å²) in [5, 5.41) is 0. The number of thiol groups is 1. The second-order valence-electron chi connectivity index (χ2n) is 7.76. The van der Waals surface area contributed by atoms with Crippen LogP contribution in [-0.4, -0.2) is 40.9 Å². The van der Waals surface area contributed by atoms with Crippen LogP contribution in [0.5, 0.6) is 0 Å². The van der Waals surface area contributed by atoms with Crippen LogP contribution in [0, 0.1) is 11.8 Å². The number of nitrogens with zero attached hydrogens (tertiary/aromatic N) is 2. The Labute approximate surface area is 138 Å². The molecule has 2 saturated carbocycles. The first-order valence-corrected chi connectivity index (χ1v) is 9.62. The first kappa shape index (κ1) is 17.6. The molecule has 3 atom stereocenters. The molecular formula is C18H36N2S. The van der Waals surface area contributed by atoms with Gasteiger partial charge in [-0.1, -0.05) is 46.4 Å². The molecule has 2 nitrogen and oxygen atoms in total. The molecule has 3 heteroatoms. The van der Waals surface area contributed by atoms with Crippen LogP contribution in [0.4, 0.5) is 0 Å². The van der Waals surface area contributed by atoms with Crippen LogP contribution in [0.25, 0.3) is 0 Å². The van der Waals surface area contributed by atoms with Crippen molar-refractivity contribution >= 4 is 12.8 Å². The Kier molecular flexibility index (Phi) is 6.89. The van der Waals surface area contributed by atoms with Crippen LogP contribution in [0.3, 0.4) is 0 Å². The summed E-state index contributed by atoms with van der Waals surface area (Å²) in [6.07, 6.45) is 11.0. The van der Waals surface area contributed by atoms with Gasteiger partial charge in [0, 0.05) is 18.1 Å². The molecule has 0 radical (unpaired) electrons. The van der Waals surface area contributed by atoms with Gasteiger partial charge in [-0.05, 0) is 64.0 Å². The lowest BCUT2D eigenvalue weighted by Gasteiger charge is -2.38. The number of hydrogen-bond acceptors (Lipinski definition) is 3. The van der Waals surface area contributed by atoms with E-state index in [1.807, 2.05) is 0 Å². The molecular weight excluding hydrogens is 276 g/mol. The zero-order chi connectivity index (χ0) is 15.4. The lowest BCUT2D eigenvalue weighted by molar-refractivity contribution is 0.152. The average Bonchev–Trinajstić information content (AvgIpc) is 3.10. The molecule has 0 N–H and O–H groups in total. The van der Waals surface area contributed by atoms with Crippen LogP contribution in [0.15, 0.2) is 0 Å². The van der Waals surface area contributed by atoms with Crippen LogP contribution in [0.1, 0.15) is 72.1 Å². The molecule has 0 spiro atoms. The quantitative estimate of drug-likeness (QED) is 0.686. The zero-order valence-corrected chi connectivity index (χ0v) is 15.5. The fourth-order valence-corrected chi connectivity index (χ4v) is 5.40. The Balaban J connectivity index is 1.96. The van der Waals surface area contributed by atoms with Crippen molar-refractivity contribution in [1.29, 1.82) is 0 Å². The Hall–Kier alpha value is 0.270. The van der Waals surface area contributed by atoms with E-state index in [2.05, 4.69) is 37.0 Å². The van der Waals surface area contributed by atoms with E-state index in [1.165, 1.54) is 57.9 Å². The van der Waals surface area contributed by atoms with Crippen LogP contribution in [0.2, 0.25) is 0 Å². The third-order valence-electron chi connectivity index (χ3n) is 5.82. The summed E-state index contributed by atoms with van der Waals surface area (Å²) in [6.45, 7) is 8.32. The highest BCUT2D eigenvalue weighted by molar-refractivity contribution is 7.77. The number of hydrogen-bond donors (Lipinski definition) is 1. The van der Waals surface area contributed by atoms with Crippen LogP contribution in [-0.2, 0) is 0 Å². The van der Waals surface area contributed by atoms with E-state index in [0.717, 1.165) is 18.0 Å². The largest absolute Gasteiger partial charge is 0.303 e. The van der Waals surface area contributed by atoms with Gasteiger partial charge in [0.1, 0.15) is 0 Å². The van der Waals surface area contributed by atoms with E-state index in [9.17, 15) is 0 Å². The number of rotatable bonds is 7. The molecule has 0 bridgehead atoms. The van der Waals surface area contributed by atoms with Gasteiger partial charge in [0.25, 0.3) is 0 Å². The standard InChI is InChI=1S/C18H36N2S/c1-5-12-19(4)17-11-10-15(13-17)18(14(2)3)20(21)16-8-6-7-9-16/h14-18,21H,5-13H2,1-4H3. The molecule has 0 aromatic heterocycles. The summed E-state index contributed by atoms with van der Waals surface area (Å²) in [4.78, 5) is 2.59. The van der Waals surface area contributed by atoms with Crippen molar-refractivity contribution in [2.45, 2.75) is 90.3 Å². The molecule has 2 fully saturated rings. The minimum absolute atomic E-state index is 0.663. The van der Waals surface area contributed by atoms with Crippen molar-refractivity contribution in [1.82, 2.24) is 9.21 Å². The molecule has 3 unspecified atom stereocenters. The van der Waals surface area contributed by atoms with Crippen molar-refractivity contribution < 1.29 is 0 Å². The second kappa shape index (κ2) is 8.21. The van der Waals surface area contributed by atoms with Gasteiger partial charge in [0.05, 0.1) is 0 Å². The van der Waals surface area contributed by atoms with Crippen molar-refractivity contribution in [2.24, 2.45) is 11.8 Å². The summed E-state index contributed by atoms with van der Waals surface area (Å²) in [5.41, 5.74) is 0. The topological polar surface area (TPSA) is 6.48 Å². The van der Waals surface area contributed by atoms with Gasteiger partial charge < -0.3 is 4.90 Å². The van der Waals surface area contributed by atoms with Crippen molar-refractivity contribution in [3.8, 4) is 0 Å². The molecule has 2 aliphatic carbocycles. The molecule has 0 aromatic rings. The molecule has 124 valence electrons. The zero-order valence-electron chi connectivity index (χ0n) is 14.6. The highest BCUT2D eigenvalue weighted by atomic mass is 32.1. The van der Waals surface area contributed by atoms with E-state index >= 15 is 0 Å². The lowest BCUT2D eigenvalue weighted by Crippen LogP contribution is -2.43. The van der Waals surface area contributed by atoms with Gasteiger partial charge in [-0.15, -0.1) is 0 Å². The van der Waals surface area contributed by atoms with Gasteiger partial charge in [-0.25, -0.2) is 4.31 Å². The monoisotopic (exact) mass is 312 g/mol. The third-order valence-corrected chi connectivity index (χ3v) is 6.41. The SMILES string of the molecule is CCCN(C)C1CCC(C(C(C)C)N(S)C2CCCC2)C1. The molecule has 0 amide bonds. The van der Waals surface area contributed by atoms with Gasteiger partial charge in [-0.3, -0.25) is 0 Å². The highest BCUT2D eigenvalue weighted by Gasteiger charge is 2.38. The maximum atomic E-state index is 4.98. The Bertz CT molecular complexity index is 302. The summed E-state index contributed by atoms with van der Waals surface area (Å²) in [6, 6.07) is 2.20. The first-order chi connectivity index (χ1) is 10.0. The minimum atomic E-state index is 0.663. The van der Waals surface area contributed by atoms with E-state index < -0.39 is 0 Å². The van der Waals surface area contributed by atoms with E-state index in [4.69, 9.17) is 12.8 Å². The van der Waals surface area contributed by atoms with Crippen molar-refractivity contribution in [2.75, 3.05) is 13.6 Å². The molecule has 21 heavy (non-hydrogen) atoms. The smallest absolute Gasteiger partial charge is 0.0255 e. The summed E-state index contributed by atoms with van der Waals surface area (Å²) in [5.74, 6) is 1.55. The summed E-state index contributed by atoms with van der Waals surface area (Å²) in [7, 11) is 2.32. The average molecular weight is 313 g/mol. The van der Waals surface area contributed by atoms with E-state index in [1.54, 1.807) is 0 Å². The summed E-state index contributed by atoms with van der Waals surface area (Å²) < 4.78 is 2.48. The highest BCUT2D eigenvalue weighted by Crippen LogP contribution is 2.39. The molecule has 0 aromatic carbocycles. The fourth-order valence-electron chi connectivity index (χ4n) is 4.72. The molecule has 0 saturated heterocycles. The van der Waals surface area contributed by atoms with Crippen molar-refractivity contribution in [3.05, 3.63) is 0 Å². The molecule has 0 heterocycles. The maximum absolute atomic E-state index is 4.98. The van der Waals surface area contributed by atoms with Gasteiger partial charge in [-0.2, -0.15) is 0 Å². The Morgan fingerprint density at radius 2 is 1.71 bits per heavy atom. The van der Waals surface area contributed by atoms with Crippen molar-refractivity contribution in [3.63, 3.8) is 0 Å². The van der Waals surface area contributed by atoms with Crippen LogP contribution < -0.4 is 0 Å². The normalized spacial score (nSPS) is 29.1. The predicted molar refractivity (Wildman–Crippen MR) is 95.8 cm³/mol. The molecule has 2 aliphatic rings. The fraction of sp³-hybridized carbons (Fsp3) is 1.00. The first-order valence-electron chi connectivity index (χ1n) is 9.22. The second-order valence-corrected chi connectivity index (χ2v) is 8.22. The predicted octanol–water partition coefficient (Wildman–Crippen LogP) is 4.61. The third kappa shape index (κ3) is 4.39.